The van der Waals surface area contributed by atoms with Crippen LogP contribution in [-0.4, -0.2) is 20.5 Å². The average molecular weight is 394 g/mol. The Kier molecular flexibility index (Phi) is 6.35. The van der Waals surface area contributed by atoms with Gasteiger partial charge in [0.05, 0.1) is 0 Å². The van der Waals surface area contributed by atoms with Crippen LogP contribution < -0.4 is 0 Å². The van der Waals surface area contributed by atoms with Crippen molar-refractivity contribution in [1.82, 2.24) is 14.8 Å². The van der Waals surface area contributed by atoms with Crippen LogP contribution in [0.15, 0.2) is 41.6 Å². The molecule has 0 N–H and O–H groups in total. The van der Waals surface area contributed by atoms with Crippen molar-refractivity contribution < 1.29 is 4.79 Å². The van der Waals surface area contributed by atoms with E-state index in [9.17, 15) is 4.79 Å². The topological polar surface area (TPSA) is 47.8 Å². The van der Waals surface area contributed by atoms with Gasteiger partial charge >= 0.3 is 0 Å². The van der Waals surface area contributed by atoms with Gasteiger partial charge in [0, 0.05) is 24.3 Å². The van der Waals surface area contributed by atoms with Crippen LogP contribution >= 0.6 is 11.8 Å². The van der Waals surface area contributed by atoms with E-state index in [2.05, 4.69) is 53.7 Å². The third-order valence-corrected chi connectivity index (χ3v) is 6.14. The third kappa shape index (κ3) is 4.20. The molecule has 2 aromatic carbocycles. The lowest BCUT2D eigenvalue weighted by atomic mass is 9.92. The minimum absolute atomic E-state index is 0.128. The summed E-state index contributed by atoms with van der Waals surface area (Å²) in [5, 5.41) is 9.81. The molecule has 0 unspecified atom stereocenters. The summed E-state index contributed by atoms with van der Waals surface area (Å²) < 4.78 is 2.18. The average Bonchev–Trinajstić information content (AvgIpc) is 3.03. The standard InChI is InChI=1S/C23H27N3OS/c1-6-26-21(13-19-10-8-7-9-11-19)24-25-23(26)28-14-20-15(2)12-16(3)22(17(20)4)18(5)27/h7-12H,6,13-14H2,1-5H3. The Hall–Kier alpha value is -2.40. The van der Waals surface area contributed by atoms with Gasteiger partial charge in [0.2, 0.25) is 0 Å². The van der Waals surface area contributed by atoms with Crippen LogP contribution in [0.4, 0.5) is 0 Å². The van der Waals surface area contributed by atoms with E-state index in [1.54, 1.807) is 18.7 Å². The number of Topliss-reactive ketones (excluding diaryl/α,β-unsaturated/α-hetero) is 1. The predicted octanol–water partition coefficient (Wildman–Crippen LogP) is 5.31. The Balaban J connectivity index is 1.84. The van der Waals surface area contributed by atoms with Gasteiger partial charge in [-0.3, -0.25) is 4.79 Å². The summed E-state index contributed by atoms with van der Waals surface area (Å²) in [4.78, 5) is 12.1. The molecule has 3 aromatic rings. The third-order valence-electron chi connectivity index (χ3n) is 5.14. The van der Waals surface area contributed by atoms with Crippen molar-refractivity contribution in [2.45, 2.75) is 58.5 Å². The lowest BCUT2D eigenvalue weighted by Crippen LogP contribution is -2.06. The first-order valence-electron chi connectivity index (χ1n) is 9.61. The van der Waals surface area contributed by atoms with Gasteiger partial charge in [-0.25, -0.2) is 0 Å². The fourth-order valence-electron chi connectivity index (χ4n) is 3.78. The zero-order valence-electron chi connectivity index (χ0n) is 17.2. The number of rotatable bonds is 7. The maximum Gasteiger partial charge on any atom is 0.191 e. The summed E-state index contributed by atoms with van der Waals surface area (Å²) in [7, 11) is 0. The van der Waals surface area contributed by atoms with E-state index in [0.717, 1.165) is 46.4 Å². The van der Waals surface area contributed by atoms with Crippen LogP contribution in [0, 0.1) is 20.8 Å². The summed E-state index contributed by atoms with van der Waals surface area (Å²) in [5.74, 6) is 1.89. The van der Waals surface area contributed by atoms with E-state index < -0.39 is 0 Å². The van der Waals surface area contributed by atoms with E-state index >= 15 is 0 Å². The maximum atomic E-state index is 12.1. The van der Waals surface area contributed by atoms with Gasteiger partial charge in [0.1, 0.15) is 5.82 Å². The van der Waals surface area contributed by atoms with Crippen LogP contribution in [0.1, 0.15) is 57.8 Å². The first kappa shape index (κ1) is 20.3. The highest BCUT2D eigenvalue weighted by atomic mass is 32.2. The highest BCUT2D eigenvalue weighted by molar-refractivity contribution is 7.98. The van der Waals surface area contributed by atoms with Crippen molar-refractivity contribution >= 4 is 17.5 Å². The number of ketones is 1. The Labute approximate surface area is 171 Å². The number of hydrogen-bond donors (Lipinski definition) is 0. The molecule has 0 saturated carbocycles. The van der Waals surface area contributed by atoms with Crippen LogP contribution in [0.3, 0.4) is 0 Å². The normalized spacial score (nSPS) is 11.0. The Morgan fingerprint density at radius 2 is 1.79 bits per heavy atom. The summed E-state index contributed by atoms with van der Waals surface area (Å²) in [6, 6.07) is 12.5. The van der Waals surface area contributed by atoms with E-state index in [4.69, 9.17) is 0 Å². The number of benzene rings is 2. The van der Waals surface area contributed by atoms with Gasteiger partial charge in [-0.05, 0) is 62.4 Å². The molecule has 4 nitrogen and oxygen atoms in total. The second kappa shape index (κ2) is 8.74. The van der Waals surface area contributed by atoms with Crippen molar-refractivity contribution in [3.05, 3.63) is 75.6 Å². The van der Waals surface area contributed by atoms with Crippen LogP contribution in [0.5, 0.6) is 0 Å². The van der Waals surface area contributed by atoms with Crippen molar-refractivity contribution in [3.8, 4) is 0 Å². The SMILES string of the molecule is CCn1c(Cc2ccccc2)nnc1SCc1c(C)cc(C)c(C(C)=O)c1C. The molecule has 0 bridgehead atoms. The van der Waals surface area contributed by atoms with Crippen LogP contribution in [-0.2, 0) is 18.7 Å². The lowest BCUT2D eigenvalue weighted by Gasteiger charge is -2.15. The summed E-state index contributed by atoms with van der Waals surface area (Å²) in [6.07, 6.45) is 0.777. The molecule has 0 amide bonds. The van der Waals surface area contributed by atoms with Gasteiger partial charge in [0.25, 0.3) is 0 Å². The predicted molar refractivity (Wildman–Crippen MR) is 115 cm³/mol. The molecule has 0 aliphatic heterocycles. The number of carbonyl (C=O) groups excluding carboxylic acids is 1. The number of hydrogen-bond acceptors (Lipinski definition) is 4. The molecule has 0 aliphatic carbocycles. The number of thioether (sulfide) groups is 1. The second-order valence-electron chi connectivity index (χ2n) is 7.14. The molecule has 0 aliphatic rings. The summed E-state index contributed by atoms with van der Waals surface area (Å²) in [6.45, 7) is 10.8. The first-order chi connectivity index (χ1) is 13.4. The van der Waals surface area contributed by atoms with Crippen molar-refractivity contribution in [1.29, 1.82) is 0 Å². The van der Waals surface area contributed by atoms with Crippen molar-refractivity contribution in [2.24, 2.45) is 0 Å². The summed E-state index contributed by atoms with van der Waals surface area (Å²) in [5.41, 5.74) is 6.67. The molecule has 28 heavy (non-hydrogen) atoms. The smallest absolute Gasteiger partial charge is 0.191 e. The molecule has 0 fully saturated rings. The molecule has 0 saturated heterocycles. The number of aryl methyl sites for hydroxylation is 2. The largest absolute Gasteiger partial charge is 0.306 e. The second-order valence-corrected chi connectivity index (χ2v) is 8.08. The molecule has 146 valence electrons. The Bertz CT molecular complexity index is 993. The minimum Gasteiger partial charge on any atom is -0.306 e. The van der Waals surface area contributed by atoms with E-state index in [1.165, 1.54) is 16.7 Å². The molecule has 5 heteroatoms. The van der Waals surface area contributed by atoms with Gasteiger partial charge in [0.15, 0.2) is 10.9 Å². The monoisotopic (exact) mass is 393 g/mol. The fourth-order valence-corrected chi connectivity index (χ4v) is 4.99. The molecule has 0 radical (unpaired) electrons. The van der Waals surface area contributed by atoms with Gasteiger partial charge < -0.3 is 4.57 Å². The van der Waals surface area contributed by atoms with Crippen molar-refractivity contribution in [2.75, 3.05) is 0 Å². The van der Waals surface area contributed by atoms with E-state index in [0.29, 0.717) is 0 Å². The van der Waals surface area contributed by atoms with Gasteiger partial charge in [-0.1, -0.05) is 48.2 Å². The molecule has 3 rings (SSSR count). The Morgan fingerprint density at radius 3 is 2.43 bits per heavy atom. The fraction of sp³-hybridized carbons (Fsp3) is 0.348. The van der Waals surface area contributed by atoms with E-state index in [-0.39, 0.29) is 5.78 Å². The van der Waals surface area contributed by atoms with Crippen molar-refractivity contribution in [3.63, 3.8) is 0 Å². The minimum atomic E-state index is 0.128. The van der Waals surface area contributed by atoms with E-state index in [1.807, 2.05) is 25.1 Å². The highest BCUT2D eigenvalue weighted by Gasteiger charge is 2.17. The van der Waals surface area contributed by atoms with Gasteiger partial charge in [-0.2, -0.15) is 0 Å². The summed E-state index contributed by atoms with van der Waals surface area (Å²) >= 11 is 1.69. The zero-order chi connectivity index (χ0) is 20.3. The number of aromatic nitrogens is 3. The van der Waals surface area contributed by atoms with Gasteiger partial charge in [-0.15, -0.1) is 10.2 Å². The Morgan fingerprint density at radius 1 is 1.07 bits per heavy atom. The number of nitrogens with zero attached hydrogens (tertiary/aromatic N) is 3. The highest BCUT2D eigenvalue weighted by Crippen LogP contribution is 2.29. The van der Waals surface area contributed by atoms with Crippen LogP contribution in [0.25, 0.3) is 0 Å². The zero-order valence-corrected chi connectivity index (χ0v) is 18.1. The number of carbonyl (C=O) groups is 1. The molecule has 0 atom stereocenters. The molecule has 0 spiro atoms. The molecular weight excluding hydrogens is 366 g/mol. The molecular formula is C23H27N3OS. The van der Waals surface area contributed by atoms with Crippen LogP contribution in [0.2, 0.25) is 0 Å². The quantitative estimate of drug-likeness (QED) is 0.403. The molecule has 1 aromatic heterocycles. The lowest BCUT2D eigenvalue weighted by molar-refractivity contribution is 0.101. The first-order valence-corrected chi connectivity index (χ1v) is 10.6. The maximum absolute atomic E-state index is 12.1. The molecule has 1 heterocycles.